The van der Waals surface area contributed by atoms with Gasteiger partial charge < -0.3 is 10.6 Å². The van der Waals surface area contributed by atoms with Gasteiger partial charge in [0.1, 0.15) is 6.04 Å². The van der Waals surface area contributed by atoms with Crippen molar-refractivity contribution in [2.75, 3.05) is 16.0 Å². The lowest BCUT2D eigenvalue weighted by Gasteiger charge is -2.12. The van der Waals surface area contributed by atoms with Crippen LogP contribution in [0.3, 0.4) is 0 Å². The van der Waals surface area contributed by atoms with E-state index in [1.165, 1.54) is 6.92 Å². The zero-order chi connectivity index (χ0) is 19.0. The van der Waals surface area contributed by atoms with Gasteiger partial charge in [-0.05, 0) is 36.4 Å². The number of benzene rings is 2. The number of hydrogen-bond donors (Lipinski definition) is 3. The van der Waals surface area contributed by atoms with Crippen LogP contribution < -0.4 is 16.0 Å². The summed E-state index contributed by atoms with van der Waals surface area (Å²) in [6, 6.07) is 13.6. The Bertz CT molecular complexity index is 1050. The summed E-state index contributed by atoms with van der Waals surface area (Å²) in [5, 5.41) is 8.16. The molecule has 0 saturated heterocycles. The van der Waals surface area contributed by atoms with Gasteiger partial charge in [-0.25, -0.2) is 4.98 Å². The fourth-order valence-corrected chi connectivity index (χ4v) is 3.17. The van der Waals surface area contributed by atoms with Crippen LogP contribution in [0.15, 0.2) is 48.5 Å². The second kappa shape index (κ2) is 6.56. The number of imidazole rings is 1. The number of amides is 3. The third-order valence-electron chi connectivity index (χ3n) is 4.31. The predicted octanol–water partition coefficient (Wildman–Crippen LogP) is 2.52. The first-order valence-electron chi connectivity index (χ1n) is 8.46. The van der Waals surface area contributed by atoms with Gasteiger partial charge in [-0.1, -0.05) is 12.1 Å². The molecule has 3 aromatic rings. The van der Waals surface area contributed by atoms with Gasteiger partial charge in [0.2, 0.25) is 23.7 Å². The monoisotopic (exact) mass is 363 g/mol. The lowest BCUT2D eigenvalue weighted by Crippen LogP contribution is -2.23. The molecule has 2 aromatic carbocycles. The summed E-state index contributed by atoms with van der Waals surface area (Å²) in [5.41, 5.74) is 2.81. The predicted molar refractivity (Wildman–Crippen MR) is 101 cm³/mol. The van der Waals surface area contributed by atoms with Crippen molar-refractivity contribution in [2.45, 2.75) is 19.4 Å². The number of anilines is 3. The van der Waals surface area contributed by atoms with E-state index in [0.29, 0.717) is 17.3 Å². The average molecular weight is 363 g/mol. The molecule has 0 fully saturated rings. The highest BCUT2D eigenvalue weighted by Gasteiger charge is 2.34. The number of carbonyl (C=O) groups is 3. The van der Waals surface area contributed by atoms with Gasteiger partial charge >= 0.3 is 0 Å². The number of hydrogen-bond acceptors (Lipinski definition) is 4. The summed E-state index contributed by atoms with van der Waals surface area (Å²) >= 11 is 0. The molecule has 1 aromatic heterocycles. The Morgan fingerprint density at radius 1 is 1.07 bits per heavy atom. The van der Waals surface area contributed by atoms with E-state index in [0.717, 1.165) is 11.0 Å². The molecule has 0 bridgehead atoms. The quantitative estimate of drug-likeness (QED) is 0.662. The van der Waals surface area contributed by atoms with Crippen molar-refractivity contribution in [3.05, 3.63) is 48.5 Å². The first kappa shape index (κ1) is 16.8. The van der Waals surface area contributed by atoms with E-state index in [2.05, 4.69) is 20.9 Å². The van der Waals surface area contributed by atoms with Crippen molar-refractivity contribution >= 4 is 46.1 Å². The van der Waals surface area contributed by atoms with E-state index < -0.39 is 6.04 Å². The molecule has 0 spiro atoms. The van der Waals surface area contributed by atoms with Crippen molar-refractivity contribution in [1.82, 2.24) is 9.55 Å². The SMILES string of the molecule is CC(=O)Nc1ccc(NC(=O)C[C@H]2C(=O)Nc3nc4ccccc4n32)cc1. The summed E-state index contributed by atoms with van der Waals surface area (Å²) in [6.07, 6.45) is -0.00731. The van der Waals surface area contributed by atoms with Gasteiger partial charge in [-0.3, -0.25) is 24.3 Å². The lowest BCUT2D eigenvalue weighted by molar-refractivity contribution is -0.123. The fourth-order valence-electron chi connectivity index (χ4n) is 3.17. The third kappa shape index (κ3) is 3.24. The molecule has 8 nitrogen and oxygen atoms in total. The van der Waals surface area contributed by atoms with Gasteiger partial charge in [0, 0.05) is 18.3 Å². The van der Waals surface area contributed by atoms with Crippen molar-refractivity contribution in [3.8, 4) is 0 Å². The Morgan fingerprint density at radius 2 is 1.74 bits per heavy atom. The van der Waals surface area contributed by atoms with Crippen LogP contribution >= 0.6 is 0 Å². The zero-order valence-corrected chi connectivity index (χ0v) is 14.5. The first-order chi connectivity index (χ1) is 13.0. The zero-order valence-electron chi connectivity index (χ0n) is 14.5. The van der Waals surface area contributed by atoms with Crippen LogP contribution in [-0.2, 0) is 14.4 Å². The molecule has 3 N–H and O–H groups in total. The molecule has 8 heteroatoms. The van der Waals surface area contributed by atoms with E-state index in [1.54, 1.807) is 28.8 Å². The maximum absolute atomic E-state index is 12.4. The largest absolute Gasteiger partial charge is 0.326 e. The second-order valence-corrected chi connectivity index (χ2v) is 6.31. The number of nitrogens with zero attached hydrogens (tertiary/aromatic N) is 2. The number of nitrogens with one attached hydrogen (secondary N) is 3. The Morgan fingerprint density at radius 3 is 2.44 bits per heavy atom. The van der Waals surface area contributed by atoms with Crippen LogP contribution in [0.2, 0.25) is 0 Å². The lowest BCUT2D eigenvalue weighted by atomic mass is 10.1. The fraction of sp³-hybridized carbons (Fsp3) is 0.158. The number of para-hydroxylation sites is 2. The second-order valence-electron chi connectivity index (χ2n) is 6.31. The molecule has 0 radical (unpaired) electrons. The molecule has 2 heterocycles. The van der Waals surface area contributed by atoms with E-state index in [1.807, 2.05) is 24.3 Å². The summed E-state index contributed by atoms with van der Waals surface area (Å²) < 4.78 is 1.76. The first-order valence-corrected chi connectivity index (χ1v) is 8.46. The molecule has 136 valence electrons. The summed E-state index contributed by atoms with van der Waals surface area (Å²) in [4.78, 5) is 40.2. The van der Waals surface area contributed by atoms with Crippen LogP contribution in [0.4, 0.5) is 17.3 Å². The number of rotatable bonds is 4. The molecule has 0 saturated carbocycles. The topological polar surface area (TPSA) is 105 Å². The Kier molecular flexibility index (Phi) is 4.08. The molecule has 3 amide bonds. The molecule has 0 unspecified atom stereocenters. The maximum Gasteiger partial charge on any atom is 0.250 e. The highest BCUT2D eigenvalue weighted by Crippen LogP contribution is 2.32. The van der Waals surface area contributed by atoms with Gasteiger partial charge in [-0.15, -0.1) is 0 Å². The average Bonchev–Trinajstić information content (AvgIpc) is 3.12. The standard InChI is InChI=1S/C19H17N5O3/c1-11(25)20-12-6-8-13(9-7-12)21-17(26)10-16-18(27)23-19-22-14-4-2-3-5-15(14)24(16)19/h2-9,16H,10H2,1H3,(H,20,25)(H,21,26)(H,22,23,27)/t16-/m0/s1. The number of carbonyl (C=O) groups excluding carboxylic acids is 3. The van der Waals surface area contributed by atoms with Crippen molar-refractivity contribution in [2.24, 2.45) is 0 Å². The summed E-state index contributed by atoms with van der Waals surface area (Å²) in [5.74, 6) is -0.242. The molecule has 4 rings (SSSR count). The van der Waals surface area contributed by atoms with Crippen LogP contribution in [0, 0.1) is 0 Å². The van der Waals surface area contributed by atoms with E-state index in [-0.39, 0.29) is 24.1 Å². The van der Waals surface area contributed by atoms with Gasteiger partial charge in [0.25, 0.3) is 0 Å². The maximum atomic E-state index is 12.4. The third-order valence-corrected chi connectivity index (χ3v) is 4.31. The minimum absolute atomic E-state index is 0.00731. The smallest absolute Gasteiger partial charge is 0.250 e. The summed E-state index contributed by atoms with van der Waals surface area (Å²) in [7, 11) is 0. The van der Waals surface area contributed by atoms with E-state index in [9.17, 15) is 14.4 Å². The molecule has 0 aliphatic carbocycles. The summed E-state index contributed by atoms with van der Waals surface area (Å²) in [6.45, 7) is 1.43. The van der Waals surface area contributed by atoms with Crippen LogP contribution in [0.5, 0.6) is 0 Å². The van der Waals surface area contributed by atoms with Gasteiger partial charge in [0.05, 0.1) is 17.5 Å². The van der Waals surface area contributed by atoms with Crippen molar-refractivity contribution < 1.29 is 14.4 Å². The minimum atomic E-state index is -0.647. The number of fused-ring (bicyclic) bond motifs is 3. The van der Waals surface area contributed by atoms with Crippen LogP contribution in [-0.4, -0.2) is 27.3 Å². The van der Waals surface area contributed by atoms with Crippen molar-refractivity contribution in [3.63, 3.8) is 0 Å². The Labute approximate surface area is 154 Å². The number of aromatic nitrogens is 2. The molecule has 1 aliphatic heterocycles. The molecular weight excluding hydrogens is 346 g/mol. The van der Waals surface area contributed by atoms with Crippen LogP contribution in [0.25, 0.3) is 11.0 Å². The van der Waals surface area contributed by atoms with Gasteiger partial charge in [0.15, 0.2) is 0 Å². The Balaban J connectivity index is 1.49. The van der Waals surface area contributed by atoms with Gasteiger partial charge in [-0.2, -0.15) is 0 Å². The van der Waals surface area contributed by atoms with E-state index in [4.69, 9.17) is 0 Å². The molecule has 27 heavy (non-hydrogen) atoms. The minimum Gasteiger partial charge on any atom is -0.326 e. The van der Waals surface area contributed by atoms with Crippen molar-refractivity contribution in [1.29, 1.82) is 0 Å². The van der Waals surface area contributed by atoms with Crippen LogP contribution in [0.1, 0.15) is 19.4 Å². The van der Waals surface area contributed by atoms with E-state index >= 15 is 0 Å². The Hall–Kier alpha value is -3.68. The molecular formula is C19H17N5O3. The molecule has 1 atom stereocenters. The highest BCUT2D eigenvalue weighted by atomic mass is 16.2. The normalized spacial score (nSPS) is 15.3. The molecule has 1 aliphatic rings. The highest BCUT2D eigenvalue weighted by molar-refractivity contribution is 6.03.